The molecule has 0 heterocycles. The molecule has 0 unspecified atom stereocenters. The zero-order chi connectivity index (χ0) is 18.6. The van der Waals surface area contributed by atoms with Gasteiger partial charge in [0.25, 0.3) is 15.9 Å². The Morgan fingerprint density at radius 3 is 2.36 bits per heavy atom. The highest BCUT2D eigenvalue weighted by Gasteiger charge is 2.21. The molecule has 0 fully saturated rings. The molecule has 2 aromatic rings. The Morgan fingerprint density at radius 1 is 1.08 bits per heavy atom. The average Bonchev–Trinajstić information content (AvgIpc) is 2.60. The maximum atomic E-state index is 12.6. The SMILES string of the molecule is CNC(=O)c1cc(S(=O)(=O)Nc2ccccc2C(=O)O)ccc1OC. The fourth-order valence-electron chi connectivity index (χ4n) is 2.13. The highest BCUT2D eigenvalue weighted by molar-refractivity contribution is 7.92. The summed E-state index contributed by atoms with van der Waals surface area (Å²) in [5.74, 6) is -1.57. The van der Waals surface area contributed by atoms with Crippen molar-refractivity contribution in [1.82, 2.24) is 5.32 Å². The third-order valence-electron chi connectivity index (χ3n) is 3.35. The number of methoxy groups -OCH3 is 1. The van der Waals surface area contributed by atoms with E-state index in [0.717, 1.165) is 6.07 Å². The second kappa shape index (κ2) is 7.22. The summed E-state index contributed by atoms with van der Waals surface area (Å²) >= 11 is 0. The van der Waals surface area contributed by atoms with Crippen molar-refractivity contribution in [3.8, 4) is 5.75 Å². The number of nitrogens with one attached hydrogen (secondary N) is 2. The molecule has 0 saturated carbocycles. The molecule has 9 heteroatoms. The number of aromatic carboxylic acids is 1. The van der Waals surface area contributed by atoms with Gasteiger partial charge in [-0.2, -0.15) is 0 Å². The van der Waals surface area contributed by atoms with E-state index in [0.29, 0.717) is 0 Å². The van der Waals surface area contributed by atoms with Crippen LogP contribution < -0.4 is 14.8 Å². The third kappa shape index (κ3) is 3.89. The fraction of sp³-hybridized carbons (Fsp3) is 0.125. The van der Waals surface area contributed by atoms with E-state index >= 15 is 0 Å². The standard InChI is InChI=1S/C16H16N2O6S/c1-17-15(19)12-9-10(7-8-14(12)24-2)25(22,23)18-13-6-4-3-5-11(13)16(20)21/h3-9,18H,1-2H3,(H,17,19)(H,20,21). The number of amides is 1. The predicted molar refractivity (Wildman–Crippen MR) is 90.6 cm³/mol. The molecule has 0 atom stereocenters. The number of anilines is 1. The lowest BCUT2D eigenvalue weighted by Gasteiger charge is -2.13. The van der Waals surface area contributed by atoms with Crippen molar-refractivity contribution in [2.24, 2.45) is 0 Å². The first-order valence-corrected chi connectivity index (χ1v) is 8.53. The van der Waals surface area contributed by atoms with Crippen LogP contribution in [-0.2, 0) is 10.0 Å². The summed E-state index contributed by atoms with van der Waals surface area (Å²) in [4.78, 5) is 22.9. The van der Waals surface area contributed by atoms with Crippen molar-refractivity contribution in [3.63, 3.8) is 0 Å². The Balaban J connectivity index is 2.47. The Hall–Kier alpha value is -3.07. The van der Waals surface area contributed by atoms with Gasteiger partial charge in [-0.05, 0) is 30.3 Å². The number of rotatable bonds is 6. The lowest BCUT2D eigenvalue weighted by Crippen LogP contribution is -2.20. The van der Waals surface area contributed by atoms with E-state index in [9.17, 15) is 18.0 Å². The van der Waals surface area contributed by atoms with Crippen LogP contribution in [0.15, 0.2) is 47.4 Å². The first kappa shape index (κ1) is 18.3. The Bertz CT molecular complexity index is 924. The number of sulfonamides is 1. The van der Waals surface area contributed by atoms with Crippen molar-refractivity contribution < 1.29 is 27.9 Å². The maximum Gasteiger partial charge on any atom is 0.337 e. The number of benzene rings is 2. The number of carboxylic acid groups (broad SMARTS) is 1. The number of ether oxygens (including phenoxy) is 1. The van der Waals surface area contributed by atoms with E-state index in [-0.39, 0.29) is 27.5 Å². The van der Waals surface area contributed by atoms with Crippen molar-refractivity contribution in [2.75, 3.05) is 18.9 Å². The summed E-state index contributed by atoms with van der Waals surface area (Å²) in [5, 5.41) is 11.5. The highest BCUT2D eigenvalue weighted by Crippen LogP contribution is 2.25. The number of carbonyl (C=O) groups excluding carboxylic acids is 1. The zero-order valence-corrected chi connectivity index (χ0v) is 14.3. The first-order chi connectivity index (χ1) is 11.8. The Morgan fingerprint density at radius 2 is 1.76 bits per heavy atom. The summed E-state index contributed by atoms with van der Waals surface area (Å²) in [5.41, 5.74) is -0.224. The van der Waals surface area contributed by atoms with Crippen LogP contribution in [0.3, 0.4) is 0 Å². The van der Waals surface area contributed by atoms with Crippen LogP contribution >= 0.6 is 0 Å². The molecule has 2 rings (SSSR count). The Kier molecular flexibility index (Phi) is 5.28. The second-order valence-corrected chi connectivity index (χ2v) is 6.58. The van der Waals surface area contributed by atoms with Gasteiger partial charge in [-0.1, -0.05) is 12.1 Å². The van der Waals surface area contributed by atoms with E-state index < -0.39 is 21.9 Å². The molecule has 8 nitrogen and oxygen atoms in total. The highest BCUT2D eigenvalue weighted by atomic mass is 32.2. The lowest BCUT2D eigenvalue weighted by molar-refractivity contribution is 0.0697. The molecular weight excluding hydrogens is 348 g/mol. The summed E-state index contributed by atoms with van der Waals surface area (Å²) in [6.45, 7) is 0. The van der Waals surface area contributed by atoms with Gasteiger partial charge in [-0.15, -0.1) is 0 Å². The zero-order valence-electron chi connectivity index (χ0n) is 13.4. The fourth-order valence-corrected chi connectivity index (χ4v) is 3.23. The molecule has 1 amide bonds. The molecule has 0 aromatic heterocycles. The maximum absolute atomic E-state index is 12.6. The van der Waals surface area contributed by atoms with Gasteiger partial charge in [-0.25, -0.2) is 13.2 Å². The van der Waals surface area contributed by atoms with Gasteiger partial charge in [0, 0.05) is 7.05 Å². The molecule has 2 aromatic carbocycles. The summed E-state index contributed by atoms with van der Waals surface area (Å²) in [6, 6.07) is 9.38. The van der Waals surface area contributed by atoms with E-state index in [1.165, 1.54) is 50.6 Å². The molecular formula is C16H16N2O6S. The number of para-hydroxylation sites is 1. The number of hydrogen-bond donors (Lipinski definition) is 3. The normalized spacial score (nSPS) is 10.8. The van der Waals surface area contributed by atoms with Crippen molar-refractivity contribution in [1.29, 1.82) is 0 Å². The minimum absolute atomic E-state index is 0.0411. The molecule has 0 aliphatic carbocycles. The predicted octanol–water partition coefficient (Wildman–Crippen LogP) is 1.55. The summed E-state index contributed by atoms with van der Waals surface area (Å²) < 4.78 is 32.4. The quantitative estimate of drug-likeness (QED) is 0.715. The number of hydrogen-bond acceptors (Lipinski definition) is 5. The third-order valence-corrected chi connectivity index (χ3v) is 4.72. The smallest absolute Gasteiger partial charge is 0.337 e. The largest absolute Gasteiger partial charge is 0.496 e. The van der Waals surface area contributed by atoms with E-state index in [1.54, 1.807) is 0 Å². The molecule has 0 aliphatic heterocycles. The van der Waals surface area contributed by atoms with Crippen molar-refractivity contribution in [2.45, 2.75) is 4.90 Å². The van der Waals surface area contributed by atoms with Gasteiger partial charge >= 0.3 is 5.97 Å². The molecule has 0 spiro atoms. The number of carbonyl (C=O) groups is 2. The van der Waals surface area contributed by atoms with Crippen LogP contribution in [0.5, 0.6) is 5.75 Å². The Labute approximate surface area is 144 Å². The molecule has 132 valence electrons. The summed E-state index contributed by atoms with van der Waals surface area (Å²) in [6.07, 6.45) is 0. The molecule has 3 N–H and O–H groups in total. The van der Waals surface area contributed by atoms with E-state index in [4.69, 9.17) is 9.84 Å². The summed E-state index contributed by atoms with van der Waals surface area (Å²) in [7, 11) is -1.34. The molecule has 0 saturated heterocycles. The monoisotopic (exact) mass is 364 g/mol. The van der Waals surface area contributed by atoms with Crippen LogP contribution in [0.2, 0.25) is 0 Å². The molecule has 0 aliphatic rings. The van der Waals surface area contributed by atoms with Gasteiger partial charge in [0.1, 0.15) is 5.75 Å². The van der Waals surface area contributed by atoms with Crippen LogP contribution in [0.4, 0.5) is 5.69 Å². The minimum Gasteiger partial charge on any atom is -0.496 e. The van der Waals surface area contributed by atoms with Crippen LogP contribution in [0.1, 0.15) is 20.7 Å². The van der Waals surface area contributed by atoms with E-state index in [2.05, 4.69) is 10.0 Å². The van der Waals surface area contributed by atoms with Gasteiger partial charge < -0.3 is 15.2 Å². The van der Waals surface area contributed by atoms with Crippen LogP contribution in [0.25, 0.3) is 0 Å². The van der Waals surface area contributed by atoms with Gasteiger partial charge in [0.2, 0.25) is 0 Å². The van der Waals surface area contributed by atoms with Gasteiger partial charge in [0.05, 0.1) is 28.8 Å². The van der Waals surface area contributed by atoms with Crippen molar-refractivity contribution >= 4 is 27.6 Å². The lowest BCUT2D eigenvalue weighted by atomic mass is 10.2. The minimum atomic E-state index is -4.11. The van der Waals surface area contributed by atoms with Crippen molar-refractivity contribution in [3.05, 3.63) is 53.6 Å². The number of carboxylic acids is 1. The molecule has 0 bridgehead atoms. The first-order valence-electron chi connectivity index (χ1n) is 7.05. The topological polar surface area (TPSA) is 122 Å². The van der Waals surface area contributed by atoms with Gasteiger partial charge in [-0.3, -0.25) is 9.52 Å². The van der Waals surface area contributed by atoms with Gasteiger partial charge in [0.15, 0.2) is 0 Å². The second-order valence-electron chi connectivity index (χ2n) is 4.90. The molecule has 0 radical (unpaired) electrons. The average molecular weight is 364 g/mol. The van der Waals surface area contributed by atoms with E-state index in [1.807, 2.05) is 0 Å². The van der Waals surface area contributed by atoms with Crippen LogP contribution in [-0.4, -0.2) is 39.6 Å². The van der Waals surface area contributed by atoms with Crippen LogP contribution in [0, 0.1) is 0 Å². The molecule has 25 heavy (non-hydrogen) atoms.